The number of hydrogen-bond acceptors (Lipinski definition) is 6. The van der Waals surface area contributed by atoms with Crippen molar-refractivity contribution in [2.75, 3.05) is 11.9 Å². The quantitative estimate of drug-likeness (QED) is 0.465. The van der Waals surface area contributed by atoms with Crippen LogP contribution < -0.4 is 5.32 Å². The Morgan fingerprint density at radius 2 is 1.94 bits per heavy atom. The molecule has 2 aromatic heterocycles. The first-order valence-electron chi connectivity index (χ1n) is 10.3. The summed E-state index contributed by atoms with van der Waals surface area (Å²) in [6.45, 7) is 2.02. The van der Waals surface area contributed by atoms with Crippen LogP contribution in [-0.2, 0) is 14.8 Å². The third-order valence-corrected chi connectivity index (χ3v) is 8.41. The van der Waals surface area contributed by atoms with Crippen molar-refractivity contribution in [2.24, 2.45) is 0 Å². The molecular formula is C22H20FN5O3S2. The maximum Gasteiger partial charge on any atom is 0.243 e. The summed E-state index contributed by atoms with van der Waals surface area (Å²) in [5.74, 6) is -0.550. The third-order valence-electron chi connectivity index (χ3n) is 5.47. The largest absolute Gasteiger partial charge is 0.309 e. The molecule has 11 heteroatoms. The predicted molar refractivity (Wildman–Crippen MR) is 123 cm³/mol. The van der Waals surface area contributed by atoms with E-state index in [9.17, 15) is 17.6 Å². The number of benzene rings is 2. The van der Waals surface area contributed by atoms with E-state index in [1.165, 1.54) is 27.8 Å². The lowest BCUT2D eigenvalue weighted by Crippen LogP contribution is -2.43. The van der Waals surface area contributed by atoms with Gasteiger partial charge in [-0.1, -0.05) is 23.5 Å². The molecule has 1 saturated heterocycles. The van der Waals surface area contributed by atoms with Gasteiger partial charge < -0.3 is 5.32 Å². The Morgan fingerprint density at radius 1 is 1.18 bits per heavy atom. The van der Waals surface area contributed by atoms with Gasteiger partial charge in [-0.25, -0.2) is 17.8 Å². The Kier molecular flexibility index (Phi) is 5.47. The SMILES string of the molecule is Cc1cc(NC(=O)C2CCCN2S(=O)(=O)c2ccc(F)cc2)n(-c2nc3ccccc3s2)n1. The fraction of sp³-hybridized carbons (Fsp3) is 0.227. The van der Waals surface area contributed by atoms with E-state index in [1.807, 2.05) is 24.3 Å². The summed E-state index contributed by atoms with van der Waals surface area (Å²) < 4.78 is 43.2. The van der Waals surface area contributed by atoms with Gasteiger partial charge in [0.25, 0.3) is 0 Å². The first kappa shape index (κ1) is 21.7. The zero-order chi connectivity index (χ0) is 23.2. The molecule has 0 bridgehead atoms. The highest BCUT2D eigenvalue weighted by atomic mass is 32.2. The number of nitrogens with one attached hydrogen (secondary N) is 1. The number of halogens is 1. The van der Waals surface area contributed by atoms with Crippen LogP contribution in [0.4, 0.5) is 10.2 Å². The number of nitrogens with zero attached hydrogens (tertiary/aromatic N) is 4. The van der Waals surface area contributed by atoms with Crippen LogP contribution in [0.5, 0.6) is 0 Å². The van der Waals surface area contributed by atoms with Crippen LogP contribution >= 0.6 is 11.3 Å². The van der Waals surface area contributed by atoms with Crippen LogP contribution in [0.15, 0.2) is 59.5 Å². The molecule has 33 heavy (non-hydrogen) atoms. The Morgan fingerprint density at radius 3 is 2.70 bits per heavy atom. The van der Waals surface area contributed by atoms with Gasteiger partial charge in [-0.05, 0) is 56.2 Å². The maximum absolute atomic E-state index is 13.3. The molecular weight excluding hydrogens is 465 g/mol. The second kappa shape index (κ2) is 8.32. The van der Waals surface area contributed by atoms with E-state index in [2.05, 4.69) is 15.4 Å². The van der Waals surface area contributed by atoms with E-state index >= 15 is 0 Å². The zero-order valence-corrected chi connectivity index (χ0v) is 19.2. The molecule has 0 aliphatic carbocycles. The number of fused-ring (bicyclic) bond motifs is 1. The maximum atomic E-state index is 13.3. The topological polar surface area (TPSA) is 97.2 Å². The van der Waals surface area contributed by atoms with Gasteiger partial charge in [-0.2, -0.15) is 14.1 Å². The van der Waals surface area contributed by atoms with Crippen molar-refractivity contribution in [1.29, 1.82) is 0 Å². The van der Waals surface area contributed by atoms with E-state index in [1.54, 1.807) is 17.7 Å². The Labute approximate surface area is 193 Å². The van der Waals surface area contributed by atoms with Gasteiger partial charge in [0.05, 0.1) is 20.8 Å². The molecule has 1 unspecified atom stereocenters. The van der Waals surface area contributed by atoms with Gasteiger partial charge in [0.1, 0.15) is 17.7 Å². The molecule has 1 aliphatic heterocycles. The normalized spacial score (nSPS) is 17.0. The van der Waals surface area contributed by atoms with Crippen LogP contribution in [0.25, 0.3) is 15.3 Å². The minimum absolute atomic E-state index is 0.0426. The molecule has 5 rings (SSSR count). The number of aryl methyl sites for hydroxylation is 1. The number of amides is 1. The van der Waals surface area contributed by atoms with Crippen LogP contribution in [0.3, 0.4) is 0 Å². The Hall–Kier alpha value is -3.15. The molecule has 1 aliphatic rings. The van der Waals surface area contributed by atoms with E-state index in [4.69, 9.17) is 0 Å². The van der Waals surface area contributed by atoms with Gasteiger partial charge >= 0.3 is 0 Å². The molecule has 170 valence electrons. The minimum atomic E-state index is -3.94. The number of aromatic nitrogens is 3. The average molecular weight is 486 g/mol. The van der Waals surface area contributed by atoms with Gasteiger partial charge in [0.15, 0.2) is 0 Å². The van der Waals surface area contributed by atoms with Crippen molar-refractivity contribution in [3.05, 3.63) is 66.1 Å². The van der Waals surface area contributed by atoms with Crippen molar-refractivity contribution in [2.45, 2.75) is 30.7 Å². The smallest absolute Gasteiger partial charge is 0.243 e. The minimum Gasteiger partial charge on any atom is -0.309 e. The van der Waals surface area contributed by atoms with E-state index in [0.717, 1.165) is 22.3 Å². The number of rotatable bonds is 5. The van der Waals surface area contributed by atoms with E-state index in [0.29, 0.717) is 29.5 Å². The second-order valence-electron chi connectivity index (χ2n) is 7.76. The van der Waals surface area contributed by atoms with Crippen molar-refractivity contribution < 1.29 is 17.6 Å². The van der Waals surface area contributed by atoms with Gasteiger partial charge in [0.2, 0.25) is 21.1 Å². The number of thiazole rings is 1. The summed E-state index contributed by atoms with van der Waals surface area (Å²) in [6.07, 6.45) is 0.940. The molecule has 1 atom stereocenters. The molecule has 1 N–H and O–H groups in total. The highest BCUT2D eigenvalue weighted by Gasteiger charge is 2.39. The summed E-state index contributed by atoms with van der Waals surface area (Å²) in [5, 5.41) is 7.90. The molecule has 0 spiro atoms. The molecule has 3 heterocycles. The summed E-state index contributed by atoms with van der Waals surface area (Å²) in [7, 11) is -3.94. The van der Waals surface area contributed by atoms with E-state index in [-0.39, 0.29) is 11.4 Å². The standard InChI is InChI=1S/C22H20FN5O3S2/c1-14-13-20(28(26-14)22-24-17-5-2-3-7-19(17)32-22)25-21(29)18-6-4-12-27(18)33(30,31)16-10-8-15(23)9-11-16/h2-3,5,7-11,13,18H,4,6,12H2,1H3,(H,25,29). The lowest BCUT2D eigenvalue weighted by Gasteiger charge is -2.23. The summed E-state index contributed by atoms with van der Waals surface area (Å²) in [4.78, 5) is 17.7. The number of anilines is 1. The molecule has 2 aromatic carbocycles. The summed E-state index contributed by atoms with van der Waals surface area (Å²) in [6, 6.07) is 13.2. The fourth-order valence-electron chi connectivity index (χ4n) is 3.93. The molecule has 0 radical (unpaired) electrons. The number of carbonyl (C=O) groups is 1. The van der Waals surface area contributed by atoms with Crippen molar-refractivity contribution in [3.63, 3.8) is 0 Å². The number of para-hydroxylation sites is 1. The van der Waals surface area contributed by atoms with E-state index < -0.39 is 27.8 Å². The lowest BCUT2D eigenvalue weighted by molar-refractivity contribution is -0.119. The number of sulfonamides is 1. The van der Waals surface area contributed by atoms with Crippen molar-refractivity contribution >= 4 is 43.3 Å². The zero-order valence-electron chi connectivity index (χ0n) is 17.6. The number of carbonyl (C=O) groups excluding carboxylic acids is 1. The van der Waals surface area contributed by atoms with Crippen LogP contribution in [0, 0.1) is 12.7 Å². The van der Waals surface area contributed by atoms with Crippen LogP contribution in [0.1, 0.15) is 18.5 Å². The highest BCUT2D eigenvalue weighted by Crippen LogP contribution is 2.29. The predicted octanol–water partition coefficient (Wildman–Crippen LogP) is 3.72. The average Bonchev–Trinajstić information content (AvgIpc) is 3.52. The first-order valence-corrected chi connectivity index (χ1v) is 12.6. The Bertz CT molecular complexity index is 1410. The third kappa shape index (κ3) is 4.03. The van der Waals surface area contributed by atoms with Gasteiger partial charge in [0, 0.05) is 12.6 Å². The molecule has 1 fully saturated rings. The lowest BCUT2D eigenvalue weighted by atomic mass is 10.2. The molecule has 8 nitrogen and oxygen atoms in total. The Balaban J connectivity index is 1.42. The van der Waals surface area contributed by atoms with Gasteiger partial charge in [-0.15, -0.1) is 0 Å². The summed E-state index contributed by atoms with van der Waals surface area (Å²) in [5.41, 5.74) is 1.52. The monoisotopic (exact) mass is 485 g/mol. The molecule has 4 aromatic rings. The molecule has 0 saturated carbocycles. The molecule has 1 amide bonds. The highest BCUT2D eigenvalue weighted by molar-refractivity contribution is 7.89. The van der Waals surface area contributed by atoms with Crippen molar-refractivity contribution in [3.8, 4) is 5.13 Å². The fourth-order valence-corrected chi connectivity index (χ4v) is 6.51. The first-order chi connectivity index (χ1) is 15.8. The summed E-state index contributed by atoms with van der Waals surface area (Å²) >= 11 is 1.44. The van der Waals surface area contributed by atoms with Crippen LogP contribution in [-0.4, -0.2) is 46.0 Å². The number of hydrogen-bond donors (Lipinski definition) is 1. The van der Waals surface area contributed by atoms with Crippen LogP contribution in [0.2, 0.25) is 0 Å². The van der Waals surface area contributed by atoms with Gasteiger partial charge in [-0.3, -0.25) is 4.79 Å². The second-order valence-corrected chi connectivity index (χ2v) is 10.7. The van der Waals surface area contributed by atoms with Crippen molar-refractivity contribution in [1.82, 2.24) is 19.1 Å².